The summed E-state index contributed by atoms with van der Waals surface area (Å²) in [5.41, 5.74) is 7.14. The van der Waals surface area contributed by atoms with Crippen LogP contribution in [0.25, 0.3) is 0 Å². The lowest BCUT2D eigenvalue weighted by atomic mass is 10.1. The summed E-state index contributed by atoms with van der Waals surface area (Å²) in [4.78, 5) is 36.6. The van der Waals surface area contributed by atoms with Crippen molar-refractivity contribution in [1.82, 2.24) is 15.8 Å². The third kappa shape index (κ3) is 3.81. The van der Waals surface area contributed by atoms with E-state index in [-0.39, 0.29) is 18.4 Å². The molecule has 1 aromatic rings. The van der Waals surface area contributed by atoms with Crippen LogP contribution in [0, 0.1) is 13.8 Å². The zero-order valence-electron chi connectivity index (χ0n) is 12.2. The van der Waals surface area contributed by atoms with E-state index in [2.05, 4.69) is 10.9 Å². The number of carbonyl (C=O) groups is 3. The summed E-state index contributed by atoms with van der Waals surface area (Å²) >= 11 is 0. The molecule has 1 aliphatic heterocycles. The smallest absolute Gasteiger partial charge is 0.269 e. The first-order valence-electron chi connectivity index (χ1n) is 6.91. The Morgan fingerprint density at radius 3 is 2.62 bits per heavy atom. The van der Waals surface area contributed by atoms with Crippen LogP contribution in [0.3, 0.4) is 0 Å². The van der Waals surface area contributed by atoms with E-state index >= 15 is 0 Å². The number of carbonyl (C=O) groups excluding carboxylic acids is 3. The average Bonchev–Trinajstić information content (AvgIpc) is 2.81. The van der Waals surface area contributed by atoms with Crippen LogP contribution >= 0.6 is 0 Å². The summed E-state index contributed by atoms with van der Waals surface area (Å²) in [5, 5.41) is 0. The van der Waals surface area contributed by atoms with Gasteiger partial charge < -0.3 is 4.90 Å². The van der Waals surface area contributed by atoms with Gasteiger partial charge in [0.1, 0.15) is 6.54 Å². The van der Waals surface area contributed by atoms with E-state index in [4.69, 9.17) is 0 Å². The minimum atomic E-state index is -0.400. The maximum atomic E-state index is 12.0. The van der Waals surface area contributed by atoms with Gasteiger partial charge in [0.2, 0.25) is 5.91 Å². The maximum Gasteiger partial charge on any atom is 0.269 e. The molecule has 0 bridgehead atoms. The summed E-state index contributed by atoms with van der Waals surface area (Å²) in [5.74, 6) is -0.789. The highest BCUT2D eigenvalue weighted by Crippen LogP contribution is 2.10. The SMILES string of the molecule is Cc1ccc(C(=O)NNC(=O)CN2CCCC2=O)c(C)c1. The highest BCUT2D eigenvalue weighted by atomic mass is 16.2. The highest BCUT2D eigenvalue weighted by Gasteiger charge is 2.22. The van der Waals surface area contributed by atoms with Gasteiger partial charge in [-0.3, -0.25) is 25.2 Å². The fourth-order valence-corrected chi connectivity index (χ4v) is 2.35. The Hall–Kier alpha value is -2.37. The number of hydrogen-bond acceptors (Lipinski definition) is 3. The second kappa shape index (κ2) is 6.39. The predicted octanol–water partition coefficient (Wildman–Crippen LogP) is 0.687. The number of benzene rings is 1. The van der Waals surface area contributed by atoms with Crippen molar-refractivity contribution in [3.05, 3.63) is 34.9 Å². The van der Waals surface area contributed by atoms with Crippen LogP contribution in [-0.2, 0) is 9.59 Å². The first-order chi connectivity index (χ1) is 9.97. The van der Waals surface area contributed by atoms with Crippen LogP contribution in [0.1, 0.15) is 34.3 Å². The van der Waals surface area contributed by atoms with E-state index in [1.165, 1.54) is 4.90 Å². The molecule has 0 saturated carbocycles. The number of nitrogens with zero attached hydrogens (tertiary/aromatic N) is 1. The van der Waals surface area contributed by atoms with Crippen LogP contribution in [-0.4, -0.2) is 35.7 Å². The van der Waals surface area contributed by atoms with Gasteiger partial charge in [-0.2, -0.15) is 0 Å². The number of amides is 3. The zero-order valence-corrected chi connectivity index (χ0v) is 12.2. The lowest BCUT2D eigenvalue weighted by molar-refractivity contribution is -0.133. The molecular formula is C15H19N3O3. The number of hydrazine groups is 1. The number of likely N-dealkylation sites (tertiary alicyclic amines) is 1. The minimum absolute atomic E-state index is 0.0218. The maximum absolute atomic E-state index is 12.0. The number of rotatable bonds is 3. The predicted molar refractivity (Wildman–Crippen MR) is 77.3 cm³/mol. The molecule has 6 heteroatoms. The van der Waals surface area contributed by atoms with Crippen LogP contribution in [0.2, 0.25) is 0 Å². The lowest BCUT2D eigenvalue weighted by Gasteiger charge is -2.15. The Kier molecular flexibility index (Phi) is 4.57. The third-order valence-corrected chi connectivity index (χ3v) is 3.45. The molecule has 1 aliphatic rings. The topological polar surface area (TPSA) is 78.5 Å². The Labute approximate surface area is 123 Å². The van der Waals surface area contributed by atoms with Gasteiger partial charge in [-0.25, -0.2) is 0 Å². The van der Waals surface area contributed by atoms with Crippen LogP contribution in [0.5, 0.6) is 0 Å². The van der Waals surface area contributed by atoms with E-state index in [0.29, 0.717) is 18.5 Å². The molecular weight excluding hydrogens is 270 g/mol. The molecule has 0 aromatic heterocycles. The van der Waals surface area contributed by atoms with Crippen molar-refractivity contribution >= 4 is 17.7 Å². The summed E-state index contributed by atoms with van der Waals surface area (Å²) < 4.78 is 0. The van der Waals surface area contributed by atoms with E-state index < -0.39 is 5.91 Å². The summed E-state index contributed by atoms with van der Waals surface area (Å²) in [6.07, 6.45) is 1.27. The van der Waals surface area contributed by atoms with Crippen LogP contribution in [0.4, 0.5) is 0 Å². The van der Waals surface area contributed by atoms with E-state index in [9.17, 15) is 14.4 Å². The number of aryl methyl sites for hydroxylation is 2. The molecule has 0 atom stereocenters. The molecule has 6 nitrogen and oxygen atoms in total. The Morgan fingerprint density at radius 1 is 1.24 bits per heavy atom. The molecule has 0 aliphatic carbocycles. The fourth-order valence-electron chi connectivity index (χ4n) is 2.35. The van der Waals surface area contributed by atoms with E-state index in [0.717, 1.165) is 17.5 Å². The second-order valence-corrected chi connectivity index (χ2v) is 5.24. The monoisotopic (exact) mass is 289 g/mol. The van der Waals surface area contributed by atoms with Gasteiger partial charge in [0.25, 0.3) is 11.8 Å². The van der Waals surface area contributed by atoms with Crippen molar-refractivity contribution in [1.29, 1.82) is 0 Å². The van der Waals surface area contributed by atoms with Crippen LogP contribution in [0.15, 0.2) is 18.2 Å². The molecule has 1 saturated heterocycles. The van der Waals surface area contributed by atoms with Crippen molar-refractivity contribution in [3.8, 4) is 0 Å². The van der Waals surface area contributed by atoms with Gasteiger partial charge >= 0.3 is 0 Å². The quantitative estimate of drug-likeness (QED) is 0.803. The van der Waals surface area contributed by atoms with Gasteiger partial charge in [-0.15, -0.1) is 0 Å². The zero-order chi connectivity index (χ0) is 15.4. The summed E-state index contributed by atoms with van der Waals surface area (Å²) in [6, 6.07) is 5.46. The standard InChI is InChI=1S/C15H19N3O3/c1-10-5-6-12(11(2)8-10)15(21)17-16-13(19)9-18-7-3-4-14(18)20/h5-6,8H,3-4,7,9H2,1-2H3,(H,16,19)(H,17,21). The molecule has 3 amide bonds. The largest absolute Gasteiger partial charge is 0.333 e. The van der Waals surface area contributed by atoms with Crippen molar-refractivity contribution in [2.75, 3.05) is 13.1 Å². The average molecular weight is 289 g/mol. The third-order valence-electron chi connectivity index (χ3n) is 3.45. The molecule has 0 spiro atoms. The highest BCUT2D eigenvalue weighted by molar-refractivity contribution is 5.97. The van der Waals surface area contributed by atoms with Gasteiger partial charge in [-0.1, -0.05) is 17.7 Å². The molecule has 112 valence electrons. The van der Waals surface area contributed by atoms with Gasteiger partial charge in [-0.05, 0) is 31.9 Å². The lowest BCUT2D eigenvalue weighted by Crippen LogP contribution is -2.46. The molecule has 21 heavy (non-hydrogen) atoms. The van der Waals surface area contributed by atoms with Crippen molar-refractivity contribution in [2.45, 2.75) is 26.7 Å². The molecule has 0 unspecified atom stereocenters. The van der Waals surface area contributed by atoms with E-state index in [1.807, 2.05) is 26.0 Å². The van der Waals surface area contributed by atoms with E-state index in [1.54, 1.807) is 6.07 Å². The summed E-state index contributed by atoms with van der Waals surface area (Å²) in [6.45, 7) is 4.36. The molecule has 2 rings (SSSR count). The first-order valence-corrected chi connectivity index (χ1v) is 6.91. The Bertz CT molecular complexity index is 584. The first kappa shape index (κ1) is 15.0. The molecule has 1 heterocycles. The fraction of sp³-hybridized carbons (Fsp3) is 0.400. The molecule has 0 radical (unpaired) electrons. The van der Waals surface area contributed by atoms with Gasteiger partial charge in [0.05, 0.1) is 0 Å². The minimum Gasteiger partial charge on any atom is -0.333 e. The summed E-state index contributed by atoms with van der Waals surface area (Å²) in [7, 11) is 0. The molecule has 1 fully saturated rings. The van der Waals surface area contributed by atoms with Crippen molar-refractivity contribution in [2.24, 2.45) is 0 Å². The van der Waals surface area contributed by atoms with Crippen molar-refractivity contribution in [3.63, 3.8) is 0 Å². The normalized spacial score (nSPS) is 14.2. The molecule has 2 N–H and O–H groups in total. The Balaban J connectivity index is 1.86. The molecule has 1 aromatic carbocycles. The second-order valence-electron chi connectivity index (χ2n) is 5.24. The number of hydrogen-bond donors (Lipinski definition) is 2. The van der Waals surface area contributed by atoms with Crippen molar-refractivity contribution < 1.29 is 14.4 Å². The van der Waals surface area contributed by atoms with Crippen LogP contribution < -0.4 is 10.9 Å². The van der Waals surface area contributed by atoms with Gasteiger partial charge in [0, 0.05) is 18.5 Å². The number of nitrogens with one attached hydrogen (secondary N) is 2. The van der Waals surface area contributed by atoms with Gasteiger partial charge in [0.15, 0.2) is 0 Å². The Morgan fingerprint density at radius 2 is 2.00 bits per heavy atom.